The highest BCUT2D eigenvalue weighted by molar-refractivity contribution is 6.35. The highest BCUT2D eigenvalue weighted by atomic mass is 35.5. The summed E-state index contributed by atoms with van der Waals surface area (Å²) in [5.74, 6) is 0.839. The summed E-state index contributed by atoms with van der Waals surface area (Å²) in [6, 6.07) is 5.34. The summed E-state index contributed by atoms with van der Waals surface area (Å²) < 4.78 is 1.89. The van der Waals surface area contributed by atoms with E-state index in [0.717, 1.165) is 11.4 Å². The van der Waals surface area contributed by atoms with E-state index in [9.17, 15) is 5.11 Å². The minimum atomic E-state index is -0.552. The molecule has 1 atom stereocenters. The number of aliphatic hydroxyl groups is 1. The summed E-state index contributed by atoms with van der Waals surface area (Å²) in [6.45, 7) is 0. The molecule has 0 amide bonds. The molecule has 0 aliphatic heterocycles. The van der Waals surface area contributed by atoms with Crippen LogP contribution in [0.3, 0.4) is 0 Å². The third-order valence-corrected chi connectivity index (χ3v) is 3.55. The molecule has 3 nitrogen and oxygen atoms in total. The number of halogens is 2. The van der Waals surface area contributed by atoms with Crippen LogP contribution in [0.2, 0.25) is 10.0 Å². The molecule has 0 saturated heterocycles. The van der Waals surface area contributed by atoms with E-state index < -0.39 is 6.10 Å². The second-order valence-corrected chi connectivity index (χ2v) is 5.03. The van der Waals surface area contributed by atoms with Crippen LogP contribution >= 0.6 is 23.2 Å². The molecule has 1 aromatic heterocycles. The number of aromatic nitrogens is 2. The van der Waals surface area contributed by atoms with Gasteiger partial charge >= 0.3 is 0 Å². The van der Waals surface area contributed by atoms with Crippen molar-refractivity contribution in [3.63, 3.8) is 0 Å². The number of aliphatic hydroxyl groups excluding tert-OH is 1. The molecule has 1 aromatic carbocycles. The number of hydrogen-bond donors (Lipinski definition) is 1. The van der Waals surface area contributed by atoms with Gasteiger partial charge in [-0.1, -0.05) is 29.3 Å². The molecule has 0 bridgehead atoms. The Morgan fingerprint density at radius 3 is 2.50 bits per heavy atom. The van der Waals surface area contributed by atoms with Crippen LogP contribution in [0.4, 0.5) is 0 Å². The van der Waals surface area contributed by atoms with E-state index in [-0.39, 0.29) is 0 Å². The Morgan fingerprint density at radius 2 is 1.94 bits per heavy atom. The first-order valence-corrected chi connectivity index (χ1v) is 6.40. The van der Waals surface area contributed by atoms with Crippen LogP contribution in [-0.4, -0.2) is 20.8 Å². The number of rotatable bonds is 4. The molecule has 1 heterocycles. The molecular formula is C13H14Cl2N2O. The van der Waals surface area contributed by atoms with Gasteiger partial charge in [0.2, 0.25) is 0 Å². The van der Waals surface area contributed by atoms with Gasteiger partial charge in [-0.05, 0) is 17.7 Å². The Morgan fingerprint density at radius 1 is 1.28 bits per heavy atom. The summed E-state index contributed by atoms with van der Waals surface area (Å²) in [4.78, 5) is 4.18. The van der Waals surface area contributed by atoms with Gasteiger partial charge in [0.15, 0.2) is 0 Å². The average Bonchev–Trinajstić information content (AvgIpc) is 2.70. The van der Waals surface area contributed by atoms with E-state index in [4.69, 9.17) is 23.2 Å². The summed E-state index contributed by atoms with van der Waals surface area (Å²) in [5.41, 5.74) is 0.780. The van der Waals surface area contributed by atoms with E-state index in [0.29, 0.717) is 22.9 Å². The van der Waals surface area contributed by atoms with Crippen LogP contribution in [0.15, 0.2) is 30.6 Å². The lowest BCUT2D eigenvalue weighted by atomic mass is 10.1. The van der Waals surface area contributed by atoms with E-state index in [1.807, 2.05) is 17.8 Å². The highest BCUT2D eigenvalue weighted by Gasteiger charge is 2.14. The van der Waals surface area contributed by atoms with Crippen molar-refractivity contribution < 1.29 is 5.11 Å². The molecule has 18 heavy (non-hydrogen) atoms. The first-order chi connectivity index (χ1) is 8.58. The van der Waals surface area contributed by atoms with Crippen LogP contribution in [0.1, 0.15) is 11.4 Å². The monoisotopic (exact) mass is 284 g/mol. The predicted molar refractivity (Wildman–Crippen MR) is 73.1 cm³/mol. The van der Waals surface area contributed by atoms with E-state index in [2.05, 4.69) is 4.98 Å². The standard InChI is InChI=1S/C13H14Cl2N2O/c1-17-6-5-16-13(17)8-9(18)7-10-11(14)3-2-4-12(10)15/h2-6,9,18H,7-8H2,1H3. The van der Waals surface area contributed by atoms with Crippen LogP contribution in [0, 0.1) is 0 Å². The van der Waals surface area contributed by atoms with E-state index in [1.165, 1.54) is 0 Å². The number of hydrogen-bond acceptors (Lipinski definition) is 2. The summed E-state index contributed by atoms with van der Waals surface area (Å²) in [6.07, 6.45) is 3.91. The van der Waals surface area contributed by atoms with Crippen molar-refractivity contribution >= 4 is 23.2 Å². The summed E-state index contributed by atoms with van der Waals surface area (Å²) in [5, 5.41) is 11.2. The Hall–Kier alpha value is -1.03. The Kier molecular flexibility index (Phi) is 4.27. The lowest BCUT2D eigenvalue weighted by Gasteiger charge is -2.13. The molecule has 96 valence electrons. The molecule has 0 spiro atoms. The number of benzene rings is 1. The van der Waals surface area contributed by atoms with Crippen molar-refractivity contribution in [1.82, 2.24) is 9.55 Å². The minimum Gasteiger partial charge on any atom is -0.392 e. The largest absolute Gasteiger partial charge is 0.392 e. The quantitative estimate of drug-likeness (QED) is 0.938. The first kappa shape index (κ1) is 13.4. The van der Waals surface area contributed by atoms with Gasteiger partial charge in [-0.2, -0.15) is 0 Å². The van der Waals surface area contributed by atoms with Crippen molar-refractivity contribution in [2.75, 3.05) is 0 Å². The van der Waals surface area contributed by atoms with Crippen molar-refractivity contribution in [1.29, 1.82) is 0 Å². The van der Waals surface area contributed by atoms with Gasteiger partial charge in [-0.3, -0.25) is 0 Å². The fraction of sp³-hybridized carbons (Fsp3) is 0.308. The molecule has 0 aliphatic carbocycles. The predicted octanol–water partition coefficient (Wildman–Crippen LogP) is 2.87. The third kappa shape index (κ3) is 3.05. The molecule has 0 saturated carbocycles. The minimum absolute atomic E-state index is 0.422. The topological polar surface area (TPSA) is 38.0 Å². The molecule has 1 unspecified atom stereocenters. The first-order valence-electron chi connectivity index (χ1n) is 5.65. The molecule has 2 rings (SSSR count). The highest BCUT2D eigenvalue weighted by Crippen LogP contribution is 2.25. The zero-order valence-electron chi connectivity index (χ0n) is 9.98. The molecule has 0 aliphatic rings. The Balaban J connectivity index is 2.08. The van der Waals surface area contributed by atoms with Gasteiger partial charge in [0.05, 0.1) is 6.10 Å². The number of aryl methyl sites for hydroxylation is 1. The Bertz CT molecular complexity index is 519. The van der Waals surface area contributed by atoms with Crippen molar-refractivity contribution in [2.45, 2.75) is 18.9 Å². The van der Waals surface area contributed by atoms with Gasteiger partial charge in [0.1, 0.15) is 5.82 Å². The smallest absolute Gasteiger partial charge is 0.110 e. The maximum Gasteiger partial charge on any atom is 0.110 e. The van der Waals surface area contributed by atoms with Crippen LogP contribution in [0.5, 0.6) is 0 Å². The lowest BCUT2D eigenvalue weighted by molar-refractivity contribution is 0.172. The van der Waals surface area contributed by atoms with Gasteiger partial charge in [0, 0.05) is 42.3 Å². The maximum atomic E-state index is 10.1. The molecule has 0 fully saturated rings. The van der Waals surface area contributed by atoms with Gasteiger partial charge in [-0.25, -0.2) is 4.98 Å². The average molecular weight is 285 g/mol. The summed E-state index contributed by atoms with van der Waals surface area (Å²) in [7, 11) is 1.90. The normalized spacial score (nSPS) is 12.7. The van der Waals surface area contributed by atoms with Crippen molar-refractivity contribution in [2.24, 2.45) is 7.05 Å². The maximum absolute atomic E-state index is 10.1. The number of imidazole rings is 1. The fourth-order valence-corrected chi connectivity index (χ4v) is 2.39. The summed E-state index contributed by atoms with van der Waals surface area (Å²) >= 11 is 12.1. The van der Waals surface area contributed by atoms with Crippen LogP contribution in [0.25, 0.3) is 0 Å². The molecule has 0 radical (unpaired) electrons. The van der Waals surface area contributed by atoms with E-state index >= 15 is 0 Å². The number of nitrogens with zero attached hydrogens (tertiary/aromatic N) is 2. The van der Waals surface area contributed by atoms with Crippen molar-refractivity contribution in [3.05, 3.63) is 52.0 Å². The second kappa shape index (κ2) is 5.74. The fourth-order valence-electron chi connectivity index (χ4n) is 1.84. The van der Waals surface area contributed by atoms with Crippen molar-refractivity contribution in [3.8, 4) is 0 Å². The lowest BCUT2D eigenvalue weighted by Crippen LogP contribution is -2.17. The molecule has 1 N–H and O–H groups in total. The molecular weight excluding hydrogens is 271 g/mol. The third-order valence-electron chi connectivity index (χ3n) is 2.84. The Labute approximate surface area is 116 Å². The van der Waals surface area contributed by atoms with Gasteiger partial charge in [0.25, 0.3) is 0 Å². The van der Waals surface area contributed by atoms with Crippen LogP contribution < -0.4 is 0 Å². The zero-order valence-corrected chi connectivity index (χ0v) is 11.5. The SMILES string of the molecule is Cn1ccnc1CC(O)Cc1c(Cl)cccc1Cl. The van der Waals surface area contributed by atoms with E-state index in [1.54, 1.807) is 24.4 Å². The van der Waals surface area contributed by atoms with Gasteiger partial charge < -0.3 is 9.67 Å². The zero-order chi connectivity index (χ0) is 13.1. The van der Waals surface area contributed by atoms with Crippen LogP contribution in [-0.2, 0) is 19.9 Å². The molecule has 5 heteroatoms. The second-order valence-electron chi connectivity index (χ2n) is 4.22. The molecule has 2 aromatic rings. The van der Waals surface area contributed by atoms with Gasteiger partial charge in [-0.15, -0.1) is 0 Å².